The van der Waals surface area contributed by atoms with Crippen molar-refractivity contribution in [3.05, 3.63) is 75.8 Å². The molecule has 0 aromatic heterocycles. The molecule has 0 aliphatic rings. The van der Waals surface area contributed by atoms with Crippen molar-refractivity contribution < 1.29 is 32.4 Å². The molecule has 0 aliphatic heterocycles. The van der Waals surface area contributed by atoms with E-state index in [1.807, 2.05) is 0 Å². The molecule has 0 saturated heterocycles. The first-order valence-corrected chi connectivity index (χ1v) is 8.18. The number of nitrogens with one attached hydrogen (secondary N) is 1. The number of hydrogen-bond acceptors (Lipinski definition) is 5. The Morgan fingerprint density at radius 1 is 1.17 bits per heavy atom. The van der Waals surface area contributed by atoms with Gasteiger partial charge in [0.2, 0.25) is 0 Å². The summed E-state index contributed by atoms with van der Waals surface area (Å²) in [4.78, 5) is 34.2. The van der Waals surface area contributed by atoms with Crippen LogP contribution in [0.1, 0.15) is 18.1 Å². The Balaban J connectivity index is 1.99. The number of rotatable bonds is 6. The number of halogens is 3. The number of hydrogen-bond donors (Lipinski definition) is 1. The van der Waals surface area contributed by atoms with Gasteiger partial charge in [-0.1, -0.05) is 24.3 Å². The van der Waals surface area contributed by atoms with Crippen LogP contribution in [0.15, 0.2) is 54.6 Å². The standard InChI is InChI=1S/C19H15F3N2O5/c1-12(18(26)23-15-7-2-3-8-16(15)24(27)28)29-17(25)10-9-13-5-4-6-14(11-13)19(20,21)22/h2-12H,1H3,(H,23,26)/b10-9+. The summed E-state index contributed by atoms with van der Waals surface area (Å²) >= 11 is 0. The lowest BCUT2D eigenvalue weighted by molar-refractivity contribution is -0.383. The Kier molecular flexibility index (Phi) is 6.71. The van der Waals surface area contributed by atoms with Gasteiger partial charge in [-0.15, -0.1) is 0 Å². The summed E-state index contributed by atoms with van der Waals surface area (Å²) < 4.78 is 42.9. The smallest absolute Gasteiger partial charge is 0.416 e. The summed E-state index contributed by atoms with van der Waals surface area (Å²) in [5.74, 6) is -1.77. The van der Waals surface area contributed by atoms with Crippen LogP contribution in [0.5, 0.6) is 0 Å². The number of nitro groups is 1. The molecule has 29 heavy (non-hydrogen) atoms. The number of anilines is 1. The van der Waals surface area contributed by atoms with Crippen molar-refractivity contribution >= 4 is 29.3 Å². The fourth-order valence-electron chi connectivity index (χ4n) is 2.22. The molecule has 10 heteroatoms. The van der Waals surface area contributed by atoms with Gasteiger partial charge in [-0.3, -0.25) is 14.9 Å². The molecule has 0 heterocycles. The molecule has 1 unspecified atom stereocenters. The zero-order chi connectivity index (χ0) is 21.6. The van der Waals surface area contributed by atoms with E-state index in [9.17, 15) is 32.9 Å². The summed E-state index contributed by atoms with van der Waals surface area (Å²) in [7, 11) is 0. The molecule has 2 aromatic carbocycles. The molecule has 2 aromatic rings. The fourth-order valence-corrected chi connectivity index (χ4v) is 2.22. The zero-order valence-electron chi connectivity index (χ0n) is 15.0. The number of nitrogens with zero attached hydrogens (tertiary/aromatic N) is 1. The first kappa shape index (κ1) is 21.6. The average Bonchev–Trinajstić information content (AvgIpc) is 2.66. The number of carbonyl (C=O) groups excluding carboxylic acids is 2. The van der Waals surface area contributed by atoms with Gasteiger partial charge in [0.15, 0.2) is 6.10 Å². The fraction of sp³-hybridized carbons (Fsp3) is 0.158. The number of alkyl halides is 3. The lowest BCUT2D eigenvalue weighted by atomic mass is 10.1. The van der Waals surface area contributed by atoms with E-state index in [1.54, 1.807) is 0 Å². The zero-order valence-corrected chi connectivity index (χ0v) is 15.0. The maximum Gasteiger partial charge on any atom is 0.416 e. The van der Waals surface area contributed by atoms with Gasteiger partial charge in [0, 0.05) is 12.1 Å². The molecule has 0 aliphatic carbocycles. The van der Waals surface area contributed by atoms with Crippen LogP contribution < -0.4 is 5.32 Å². The minimum absolute atomic E-state index is 0.0649. The van der Waals surface area contributed by atoms with Gasteiger partial charge >= 0.3 is 12.1 Å². The summed E-state index contributed by atoms with van der Waals surface area (Å²) in [5, 5.41) is 13.2. The van der Waals surface area contributed by atoms with Crippen molar-refractivity contribution in [1.82, 2.24) is 0 Å². The molecule has 0 saturated carbocycles. The SMILES string of the molecule is CC(OC(=O)/C=C/c1cccc(C(F)(F)F)c1)C(=O)Nc1ccccc1[N+](=O)[O-]. The Bertz CT molecular complexity index is 957. The molecule has 1 N–H and O–H groups in total. The minimum atomic E-state index is -4.52. The number of ether oxygens (including phenoxy) is 1. The van der Waals surface area contributed by atoms with Gasteiger partial charge in [0.1, 0.15) is 5.69 Å². The van der Waals surface area contributed by atoms with Gasteiger partial charge in [0.05, 0.1) is 10.5 Å². The first-order valence-electron chi connectivity index (χ1n) is 8.18. The monoisotopic (exact) mass is 408 g/mol. The average molecular weight is 408 g/mol. The van der Waals surface area contributed by atoms with Crippen LogP contribution in [-0.2, 0) is 20.5 Å². The predicted molar refractivity (Wildman–Crippen MR) is 97.8 cm³/mol. The molecular weight excluding hydrogens is 393 g/mol. The Morgan fingerprint density at radius 3 is 2.52 bits per heavy atom. The van der Waals surface area contributed by atoms with Gasteiger partial charge < -0.3 is 10.1 Å². The van der Waals surface area contributed by atoms with Crippen LogP contribution >= 0.6 is 0 Å². The molecule has 0 radical (unpaired) electrons. The largest absolute Gasteiger partial charge is 0.449 e. The number of nitro benzene ring substituents is 1. The quantitative estimate of drug-likeness (QED) is 0.334. The van der Waals surface area contributed by atoms with E-state index in [1.165, 1.54) is 43.3 Å². The lowest BCUT2D eigenvalue weighted by Gasteiger charge is -2.12. The van der Waals surface area contributed by atoms with E-state index in [2.05, 4.69) is 5.32 Å². The van der Waals surface area contributed by atoms with Crippen molar-refractivity contribution in [2.45, 2.75) is 19.2 Å². The Labute approximate surface area is 162 Å². The summed E-state index contributed by atoms with van der Waals surface area (Å²) in [6.45, 7) is 1.25. The normalized spacial score (nSPS) is 12.4. The van der Waals surface area contributed by atoms with Crippen molar-refractivity contribution in [3.63, 3.8) is 0 Å². The van der Waals surface area contributed by atoms with E-state index in [4.69, 9.17) is 4.74 Å². The third kappa shape index (κ3) is 6.16. The lowest BCUT2D eigenvalue weighted by Crippen LogP contribution is -2.29. The van der Waals surface area contributed by atoms with Crippen LogP contribution in [0.4, 0.5) is 24.5 Å². The van der Waals surface area contributed by atoms with Crippen LogP contribution in [0.2, 0.25) is 0 Å². The van der Waals surface area contributed by atoms with Crippen molar-refractivity contribution in [2.24, 2.45) is 0 Å². The van der Waals surface area contributed by atoms with Crippen LogP contribution in [0.25, 0.3) is 6.08 Å². The molecule has 2 rings (SSSR count). The number of carbonyl (C=O) groups is 2. The molecule has 0 fully saturated rings. The topological polar surface area (TPSA) is 98.5 Å². The maximum absolute atomic E-state index is 12.7. The highest BCUT2D eigenvalue weighted by Gasteiger charge is 2.30. The molecule has 0 spiro atoms. The van der Waals surface area contributed by atoms with Gasteiger partial charge in [-0.25, -0.2) is 4.79 Å². The Morgan fingerprint density at radius 2 is 1.86 bits per heavy atom. The second-order valence-corrected chi connectivity index (χ2v) is 5.80. The highest BCUT2D eigenvalue weighted by atomic mass is 19.4. The highest BCUT2D eigenvalue weighted by molar-refractivity contribution is 5.98. The van der Waals surface area contributed by atoms with Crippen molar-refractivity contribution in [3.8, 4) is 0 Å². The van der Waals surface area contributed by atoms with E-state index in [-0.39, 0.29) is 16.9 Å². The Hall–Kier alpha value is -3.69. The van der Waals surface area contributed by atoms with Crippen LogP contribution in [0, 0.1) is 10.1 Å². The molecule has 152 valence electrons. The highest BCUT2D eigenvalue weighted by Crippen LogP contribution is 2.29. The number of para-hydroxylation sites is 2. The third-order valence-electron chi connectivity index (χ3n) is 3.65. The minimum Gasteiger partial charge on any atom is -0.449 e. The van der Waals surface area contributed by atoms with Crippen LogP contribution in [0.3, 0.4) is 0 Å². The number of benzene rings is 2. The van der Waals surface area contributed by atoms with Gasteiger partial charge in [-0.05, 0) is 36.8 Å². The summed E-state index contributed by atoms with van der Waals surface area (Å²) in [5.41, 5.74) is -1.15. The summed E-state index contributed by atoms with van der Waals surface area (Å²) in [6.07, 6.45) is -3.82. The molecule has 7 nitrogen and oxygen atoms in total. The van der Waals surface area contributed by atoms with E-state index >= 15 is 0 Å². The van der Waals surface area contributed by atoms with E-state index in [0.29, 0.717) is 0 Å². The van der Waals surface area contributed by atoms with Gasteiger partial charge in [-0.2, -0.15) is 13.2 Å². The molecular formula is C19H15F3N2O5. The second-order valence-electron chi connectivity index (χ2n) is 5.80. The summed E-state index contributed by atoms with van der Waals surface area (Å²) in [6, 6.07) is 9.73. The van der Waals surface area contributed by atoms with E-state index < -0.39 is 34.6 Å². The molecule has 1 atom stereocenters. The van der Waals surface area contributed by atoms with Gasteiger partial charge in [0.25, 0.3) is 11.6 Å². The van der Waals surface area contributed by atoms with Crippen molar-refractivity contribution in [1.29, 1.82) is 0 Å². The second kappa shape index (κ2) is 9.00. The molecule has 0 bridgehead atoms. The maximum atomic E-state index is 12.7. The number of amides is 1. The van der Waals surface area contributed by atoms with Crippen LogP contribution in [-0.4, -0.2) is 22.9 Å². The van der Waals surface area contributed by atoms with E-state index in [0.717, 1.165) is 24.3 Å². The first-order chi connectivity index (χ1) is 13.6. The third-order valence-corrected chi connectivity index (χ3v) is 3.65. The van der Waals surface area contributed by atoms with Crippen molar-refractivity contribution in [2.75, 3.05) is 5.32 Å². The molecule has 1 amide bonds. The number of esters is 1. The predicted octanol–water partition coefficient (Wildman–Crippen LogP) is 4.20.